The van der Waals surface area contributed by atoms with Crippen molar-refractivity contribution >= 4 is 23.6 Å². The van der Waals surface area contributed by atoms with Gasteiger partial charge in [0.25, 0.3) is 5.91 Å². The minimum absolute atomic E-state index is 0.0736. The number of rotatable bonds is 7. The molecular weight excluding hydrogens is 440 g/mol. The summed E-state index contributed by atoms with van der Waals surface area (Å²) in [6, 6.07) is 15.5. The lowest BCUT2D eigenvalue weighted by Gasteiger charge is -2.13. The van der Waals surface area contributed by atoms with E-state index in [0.29, 0.717) is 0 Å². The molecule has 1 heterocycles. The highest BCUT2D eigenvalue weighted by Gasteiger charge is 2.15. The molecule has 3 rings (SSSR count). The molecule has 3 aromatic rings. The number of carbonyl (C=O) groups is 2. The molecule has 0 unspecified atom stereocenters. The normalized spacial score (nSPS) is 11.1. The van der Waals surface area contributed by atoms with E-state index in [1.807, 2.05) is 87.7 Å². The summed E-state index contributed by atoms with van der Waals surface area (Å²) in [5.74, 6) is -0.200. The molecule has 0 saturated heterocycles. The SMILES string of the molecule is COc1ccc(-n2c(C)cc(/C=C(\C#N)C(=O)NCC(=O)Nc3c(C)cc(C)cc3C)c2C)cc1. The van der Waals surface area contributed by atoms with Gasteiger partial charge in [0.2, 0.25) is 5.91 Å². The second-order valence-electron chi connectivity index (χ2n) is 8.53. The Labute approximate surface area is 206 Å². The Bertz CT molecular complexity index is 1320. The Morgan fingerprint density at radius 3 is 2.23 bits per heavy atom. The number of carbonyl (C=O) groups excluding carboxylic acids is 2. The van der Waals surface area contributed by atoms with Crippen molar-refractivity contribution < 1.29 is 14.3 Å². The third-order valence-electron chi connectivity index (χ3n) is 5.82. The van der Waals surface area contributed by atoms with E-state index in [9.17, 15) is 14.9 Å². The van der Waals surface area contributed by atoms with Gasteiger partial charge in [0.05, 0.1) is 13.7 Å². The highest BCUT2D eigenvalue weighted by Crippen LogP contribution is 2.25. The fourth-order valence-corrected chi connectivity index (χ4v) is 4.18. The van der Waals surface area contributed by atoms with Gasteiger partial charge in [0.15, 0.2) is 0 Å². The van der Waals surface area contributed by atoms with Crippen molar-refractivity contribution in [1.29, 1.82) is 5.26 Å². The van der Waals surface area contributed by atoms with Crippen LogP contribution in [-0.4, -0.2) is 30.0 Å². The molecule has 0 aliphatic rings. The predicted octanol–water partition coefficient (Wildman–Crippen LogP) is 4.69. The number of nitrogens with one attached hydrogen (secondary N) is 2. The first-order chi connectivity index (χ1) is 16.6. The summed E-state index contributed by atoms with van der Waals surface area (Å²) in [7, 11) is 1.62. The Kier molecular flexibility index (Phi) is 7.77. The van der Waals surface area contributed by atoms with Gasteiger partial charge in [0.1, 0.15) is 17.4 Å². The first kappa shape index (κ1) is 25.3. The quantitative estimate of drug-likeness (QED) is 0.387. The third kappa shape index (κ3) is 5.79. The maximum absolute atomic E-state index is 12.7. The number of nitrogens with zero attached hydrogens (tertiary/aromatic N) is 2. The average molecular weight is 471 g/mol. The van der Waals surface area contributed by atoms with E-state index in [1.54, 1.807) is 13.2 Å². The molecule has 0 fully saturated rings. The monoisotopic (exact) mass is 470 g/mol. The maximum Gasteiger partial charge on any atom is 0.262 e. The van der Waals surface area contributed by atoms with Crippen LogP contribution in [0, 0.1) is 45.9 Å². The molecule has 7 heteroatoms. The van der Waals surface area contributed by atoms with Gasteiger partial charge >= 0.3 is 0 Å². The van der Waals surface area contributed by atoms with Gasteiger partial charge in [-0.25, -0.2) is 0 Å². The van der Waals surface area contributed by atoms with Gasteiger partial charge in [-0.15, -0.1) is 0 Å². The van der Waals surface area contributed by atoms with E-state index in [4.69, 9.17) is 4.74 Å². The molecule has 0 spiro atoms. The molecule has 0 bridgehead atoms. The highest BCUT2D eigenvalue weighted by atomic mass is 16.5. The lowest BCUT2D eigenvalue weighted by Crippen LogP contribution is -2.33. The highest BCUT2D eigenvalue weighted by molar-refractivity contribution is 6.04. The summed E-state index contributed by atoms with van der Waals surface area (Å²) in [5, 5.41) is 15.0. The smallest absolute Gasteiger partial charge is 0.262 e. The number of amides is 2. The second-order valence-corrected chi connectivity index (χ2v) is 8.53. The molecule has 0 radical (unpaired) electrons. The molecule has 2 amide bonds. The predicted molar refractivity (Wildman–Crippen MR) is 138 cm³/mol. The summed E-state index contributed by atoms with van der Waals surface area (Å²) < 4.78 is 7.27. The number of benzene rings is 2. The summed E-state index contributed by atoms with van der Waals surface area (Å²) in [6.45, 7) is 9.49. The molecule has 180 valence electrons. The van der Waals surface area contributed by atoms with E-state index in [2.05, 4.69) is 10.6 Å². The van der Waals surface area contributed by atoms with Gasteiger partial charge in [-0.2, -0.15) is 5.26 Å². The number of hydrogen-bond acceptors (Lipinski definition) is 4. The number of aromatic nitrogens is 1. The molecule has 2 N–H and O–H groups in total. The Hall–Kier alpha value is -4.31. The number of anilines is 1. The lowest BCUT2D eigenvalue weighted by atomic mass is 10.1. The van der Waals surface area contributed by atoms with Crippen molar-refractivity contribution in [3.63, 3.8) is 0 Å². The molecule has 0 atom stereocenters. The van der Waals surface area contributed by atoms with Crippen molar-refractivity contribution in [3.05, 3.63) is 81.7 Å². The van der Waals surface area contributed by atoms with Crippen LogP contribution in [0.25, 0.3) is 11.8 Å². The first-order valence-corrected chi connectivity index (χ1v) is 11.3. The molecule has 7 nitrogen and oxygen atoms in total. The standard InChI is InChI=1S/C28H30N4O3/c1-17-11-18(2)27(19(3)12-17)31-26(33)16-30-28(34)23(15-29)14-22-13-20(4)32(21(22)5)24-7-9-25(35-6)10-8-24/h7-14H,16H2,1-6H3,(H,30,34)(H,31,33)/b23-14+. The fourth-order valence-electron chi connectivity index (χ4n) is 4.18. The Balaban J connectivity index is 1.73. The summed E-state index contributed by atoms with van der Waals surface area (Å²) >= 11 is 0. The maximum atomic E-state index is 12.7. The number of aryl methyl sites for hydroxylation is 4. The zero-order chi connectivity index (χ0) is 25.7. The molecule has 0 aliphatic heterocycles. The Morgan fingerprint density at radius 2 is 1.66 bits per heavy atom. The van der Waals surface area contributed by atoms with Crippen LogP contribution in [-0.2, 0) is 9.59 Å². The van der Waals surface area contributed by atoms with Crippen molar-refractivity contribution in [2.24, 2.45) is 0 Å². The third-order valence-corrected chi connectivity index (χ3v) is 5.82. The molecule has 0 saturated carbocycles. The van der Waals surface area contributed by atoms with Crippen LogP contribution in [0.2, 0.25) is 0 Å². The van der Waals surface area contributed by atoms with E-state index in [-0.39, 0.29) is 18.0 Å². The molecule has 35 heavy (non-hydrogen) atoms. The molecular formula is C28H30N4O3. The minimum Gasteiger partial charge on any atom is -0.497 e. The van der Waals surface area contributed by atoms with Gasteiger partial charge in [-0.3, -0.25) is 9.59 Å². The lowest BCUT2D eigenvalue weighted by molar-refractivity contribution is -0.121. The summed E-state index contributed by atoms with van der Waals surface area (Å²) in [6.07, 6.45) is 1.55. The van der Waals surface area contributed by atoms with Crippen LogP contribution in [0.4, 0.5) is 5.69 Å². The number of methoxy groups -OCH3 is 1. The second kappa shape index (κ2) is 10.7. The number of hydrogen-bond donors (Lipinski definition) is 2. The fraction of sp³-hybridized carbons (Fsp3) is 0.250. The molecule has 1 aromatic heterocycles. The molecule has 2 aromatic carbocycles. The van der Waals surface area contributed by atoms with Crippen molar-refractivity contribution in [2.45, 2.75) is 34.6 Å². The van der Waals surface area contributed by atoms with Crippen LogP contribution >= 0.6 is 0 Å². The zero-order valence-electron chi connectivity index (χ0n) is 20.9. The van der Waals surface area contributed by atoms with E-state index >= 15 is 0 Å². The van der Waals surface area contributed by atoms with E-state index < -0.39 is 5.91 Å². The summed E-state index contributed by atoms with van der Waals surface area (Å²) in [4.78, 5) is 25.1. The van der Waals surface area contributed by atoms with Gasteiger partial charge in [-0.1, -0.05) is 17.7 Å². The van der Waals surface area contributed by atoms with Crippen LogP contribution in [0.3, 0.4) is 0 Å². The topological polar surface area (TPSA) is 96.2 Å². The van der Waals surface area contributed by atoms with Gasteiger partial charge in [-0.05, 0) is 87.7 Å². The van der Waals surface area contributed by atoms with E-state index in [1.165, 1.54) is 0 Å². The van der Waals surface area contributed by atoms with Crippen LogP contribution < -0.4 is 15.4 Å². The van der Waals surface area contributed by atoms with Crippen LogP contribution in [0.5, 0.6) is 5.75 Å². The van der Waals surface area contributed by atoms with E-state index in [0.717, 1.165) is 50.8 Å². The largest absolute Gasteiger partial charge is 0.497 e. The van der Waals surface area contributed by atoms with Gasteiger partial charge < -0.3 is 19.9 Å². The van der Waals surface area contributed by atoms with Crippen molar-refractivity contribution in [2.75, 3.05) is 19.0 Å². The van der Waals surface area contributed by atoms with Gasteiger partial charge in [0, 0.05) is 22.8 Å². The zero-order valence-corrected chi connectivity index (χ0v) is 20.9. The average Bonchev–Trinajstić information content (AvgIpc) is 3.10. The molecule has 0 aliphatic carbocycles. The first-order valence-electron chi connectivity index (χ1n) is 11.3. The van der Waals surface area contributed by atoms with Crippen molar-refractivity contribution in [3.8, 4) is 17.5 Å². The van der Waals surface area contributed by atoms with Crippen LogP contribution in [0.1, 0.15) is 33.6 Å². The summed E-state index contributed by atoms with van der Waals surface area (Å²) in [5.41, 5.74) is 7.21. The minimum atomic E-state index is -0.603. The van der Waals surface area contributed by atoms with Crippen molar-refractivity contribution in [1.82, 2.24) is 9.88 Å². The Morgan fingerprint density at radius 1 is 1.03 bits per heavy atom. The number of nitriles is 1. The number of ether oxygens (including phenoxy) is 1. The van der Waals surface area contributed by atoms with Crippen LogP contribution in [0.15, 0.2) is 48.0 Å².